The zero-order chi connectivity index (χ0) is 14.1. The number of methoxy groups -OCH3 is 1. The van der Waals surface area contributed by atoms with Crippen molar-refractivity contribution in [1.29, 1.82) is 0 Å². The van der Waals surface area contributed by atoms with Crippen LogP contribution in [0.4, 0.5) is 0 Å². The first-order valence-corrected chi connectivity index (χ1v) is 7.53. The van der Waals surface area contributed by atoms with Gasteiger partial charge in [-0.15, -0.1) is 0 Å². The number of fused-ring (bicyclic) bond motifs is 1. The van der Waals surface area contributed by atoms with Crippen LogP contribution in [0.2, 0.25) is 5.02 Å². The van der Waals surface area contributed by atoms with Crippen LogP contribution < -0.4 is 5.32 Å². The number of rotatable bonds is 4. The molecule has 108 valence electrons. The summed E-state index contributed by atoms with van der Waals surface area (Å²) in [5, 5.41) is 4.28. The Labute approximate surface area is 124 Å². The van der Waals surface area contributed by atoms with E-state index in [4.69, 9.17) is 21.3 Å². The third-order valence-corrected chi connectivity index (χ3v) is 4.23. The van der Waals surface area contributed by atoms with Crippen LogP contribution in [0.15, 0.2) is 18.2 Å². The Morgan fingerprint density at radius 2 is 2.35 bits per heavy atom. The van der Waals surface area contributed by atoms with Gasteiger partial charge in [0.1, 0.15) is 5.82 Å². The standard InChI is InChI=1S/C15H20ClN3O/c1-3-7-19-14-11(16)5-4-6-12(14)18-15(19)13-8-10(20-2)9-17-13/h4-6,10,13,17H,3,7-9H2,1-2H3. The Morgan fingerprint density at radius 1 is 1.50 bits per heavy atom. The van der Waals surface area contributed by atoms with Gasteiger partial charge in [0.15, 0.2) is 0 Å². The molecule has 20 heavy (non-hydrogen) atoms. The van der Waals surface area contributed by atoms with Crippen molar-refractivity contribution in [1.82, 2.24) is 14.9 Å². The Balaban J connectivity index is 2.06. The number of nitrogens with one attached hydrogen (secondary N) is 1. The number of imidazole rings is 1. The third kappa shape index (κ3) is 2.32. The normalized spacial score (nSPS) is 22.8. The van der Waals surface area contributed by atoms with Crippen molar-refractivity contribution in [2.75, 3.05) is 13.7 Å². The van der Waals surface area contributed by atoms with Gasteiger partial charge in [-0.05, 0) is 25.0 Å². The predicted molar refractivity (Wildman–Crippen MR) is 81.2 cm³/mol. The molecule has 0 amide bonds. The summed E-state index contributed by atoms with van der Waals surface area (Å²) in [5.41, 5.74) is 2.03. The molecule has 1 aliphatic heterocycles. The number of benzene rings is 1. The topological polar surface area (TPSA) is 39.1 Å². The Morgan fingerprint density at radius 3 is 3.05 bits per heavy atom. The second kappa shape index (κ2) is 5.72. The third-order valence-electron chi connectivity index (χ3n) is 3.93. The molecule has 2 heterocycles. The minimum Gasteiger partial charge on any atom is -0.380 e. The Hall–Kier alpha value is -1.10. The van der Waals surface area contributed by atoms with Crippen molar-refractivity contribution in [3.8, 4) is 0 Å². The first kappa shape index (κ1) is 13.9. The number of ether oxygens (including phenoxy) is 1. The number of aromatic nitrogens is 2. The molecule has 2 unspecified atom stereocenters. The zero-order valence-corrected chi connectivity index (χ0v) is 12.7. The van der Waals surface area contributed by atoms with E-state index in [0.717, 1.165) is 47.8 Å². The van der Waals surface area contributed by atoms with Crippen molar-refractivity contribution >= 4 is 22.6 Å². The number of para-hydroxylation sites is 1. The lowest BCUT2D eigenvalue weighted by Gasteiger charge is -2.14. The Bertz CT molecular complexity index is 610. The van der Waals surface area contributed by atoms with Gasteiger partial charge >= 0.3 is 0 Å². The molecule has 1 aliphatic rings. The number of aryl methyl sites for hydroxylation is 1. The molecule has 0 spiro atoms. The fourth-order valence-electron chi connectivity index (χ4n) is 2.96. The van der Waals surface area contributed by atoms with Gasteiger partial charge in [-0.3, -0.25) is 0 Å². The van der Waals surface area contributed by atoms with E-state index >= 15 is 0 Å². The summed E-state index contributed by atoms with van der Waals surface area (Å²) in [4.78, 5) is 4.80. The molecule has 3 rings (SSSR count). The summed E-state index contributed by atoms with van der Waals surface area (Å²) in [7, 11) is 1.76. The maximum atomic E-state index is 6.37. The molecule has 0 bridgehead atoms. The van der Waals surface area contributed by atoms with Crippen LogP contribution >= 0.6 is 11.6 Å². The Kier molecular flexibility index (Phi) is 3.96. The number of hydrogen-bond donors (Lipinski definition) is 1. The van der Waals surface area contributed by atoms with Crippen LogP contribution in [0.5, 0.6) is 0 Å². The minimum absolute atomic E-state index is 0.245. The predicted octanol–water partition coefficient (Wildman–Crippen LogP) is 3.15. The van der Waals surface area contributed by atoms with Gasteiger partial charge in [0.2, 0.25) is 0 Å². The average Bonchev–Trinajstić information content (AvgIpc) is 3.04. The highest BCUT2D eigenvalue weighted by Gasteiger charge is 2.29. The molecule has 1 saturated heterocycles. The smallest absolute Gasteiger partial charge is 0.127 e. The second-order valence-electron chi connectivity index (χ2n) is 5.28. The molecule has 2 atom stereocenters. The van der Waals surface area contributed by atoms with Crippen LogP contribution in [-0.4, -0.2) is 29.3 Å². The lowest BCUT2D eigenvalue weighted by molar-refractivity contribution is 0.117. The summed E-state index contributed by atoms with van der Waals surface area (Å²) >= 11 is 6.37. The van der Waals surface area contributed by atoms with E-state index in [9.17, 15) is 0 Å². The maximum absolute atomic E-state index is 6.37. The van der Waals surface area contributed by atoms with Crippen molar-refractivity contribution in [2.45, 2.75) is 38.5 Å². The zero-order valence-electron chi connectivity index (χ0n) is 11.9. The summed E-state index contributed by atoms with van der Waals surface area (Å²) in [6.07, 6.45) is 2.29. The van der Waals surface area contributed by atoms with Gasteiger partial charge in [-0.1, -0.05) is 24.6 Å². The maximum Gasteiger partial charge on any atom is 0.127 e. The fourth-order valence-corrected chi connectivity index (χ4v) is 3.23. The highest BCUT2D eigenvalue weighted by Crippen LogP contribution is 2.31. The van der Waals surface area contributed by atoms with Crippen LogP contribution in [0.3, 0.4) is 0 Å². The lowest BCUT2D eigenvalue weighted by Crippen LogP contribution is -2.19. The van der Waals surface area contributed by atoms with E-state index in [1.165, 1.54) is 0 Å². The number of hydrogen-bond acceptors (Lipinski definition) is 3. The highest BCUT2D eigenvalue weighted by atomic mass is 35.5. The molecule has 1 N–H and O–H groups in total. The molecular weight excluding hydrogens is 274 g/mol. The quantitative estimate of drug-likeness (QED) is 0.941. The summed E-state index contributed by atoms with van der Waals surface area (Å²) in [6.45, 7) is 3.99. The summed E-state index contributed by atoms with van der Waals surface area (Å²) in [5.74, 6) is 1.08. The second-order valence-corrected chi connectivity index (χ2v) is 5.69. The number of nitrogens with zero attached hydrogens (tertiary/aromatic N) is 2. The summed E-state index contributed by atoms with van der Waals surface area (Å²) < 4.78 is 7.69. The number of halogens is 1. The van der Waals surface area contributed by atoms with Gasteiger partial charge < -0.3 is 14.6 Å². The van der Waals surface area contributed by atoms with Gasteiger partial charge in [0.05, 0.1) is 28.2 Å². The van der Waals surface area contributed by atoms with Gasteiger partial charge in [0.25, 0.3) is 0 Å². The first-order chi connectivity index (χ1) is 9.74. The average molecular weight is 294 g/mol. The van der Waals surface area contributed by atoms with E-state index in [2.05, 4.69) is 16.8 Å². The lowest BCUT2D eigenvalue weighted by atomic mass is 10.2. The molecular formula is C15H20ClN3O. The van der Waals surface area contributed by atoms with Crippen molar-refractivity contribution in [2.24, 2.45) is 0 Å². The van der Waals surface area contributed by atoms with Gasteiger partial charge in [0, 0.05) is 20.2 Å². The summed E-state index contributed by atoms with van der Waals surface area (Å²) in [6, 6.07) is 6.16. The van der Waals surface area contributed by atoms with E-state index < -0.39 is 0 Å². The van der Waals surface area contributed by atoms with Crippen LogP contribution in [-0.2, 0) is 11.3 Å². The first-order valence-electron chi connectivity index (χ1n) is 7.15. The minimum atomic E-state index is 0.245. The molecule has 4 nitrogen and oxygen atoms in total. The van der Waals surface area contributed by atoms with Crippen LogP contribution in [0.1, 0.15) is 31.6 Å². The molecule has 5 heteroatoms. The monoisotopic (exact) mass is 293 g/mol. The van der Waals surface area contributed by atoms with Crippen molar-refractivity contribution in [3.05, 3.63) is 29.0 Å². The molecule has 1 fully saturated rings. The van der Waals surface area contributed by atoms with Crippen LogP contribution in [0.25, 0.3) is 11.0 Å². The fraction of sp³-hybridized carbons (Fsp3) is 0.533. The van der Waals surface area contributed by atoms with Crippen molar-refractivity contribution < 1.29 is 4.74 Å². The van der Waals surface area contributed by atoms with Crippen molar-refractivity contribution in [3.63, 3.8) is 0 Å². The molecule has 0 aliphatic carbocycles. The van der Waals surface area contributed by atoms with E-state index in [1.807, 2.05) is 18.2 Å². The van der Waals surface area contributed by atoms with E-state index in [-0.39, 0.29) is 12.1 Å². The highest BCUT2D eigenvalue weighted by molar-refractivity contribution is 6.35. The van der Waals surface area contributed by atoms with Crippen LogP contribution in [0, 0.1) is 0 Å². The SMILES string of the molecule is CCCn1c(C2CC(OC)CN2)nc2cccc(Cl)c21. The molecule has 2 aromatic rings. The molecule has 0 saturated carbocycles. The van der Waals surface area contributed by atoms with Gasteiger partial charge in [-0.2, -0.15) is 0 Å². The molecule has 1 aromatic heterocycles. The van der Waals surface area contributed by atoms with Gasteiger partial charge in [-0.25, -0.2) is 4.98 Å². The largest absolute Gasteiger partial charge is 0.380 e. The van der Waals surface area contributed by atoms with E-state index in [1.54, 1.807) is 7.11 Å². The van der Waals surface area contributed by atoms with E-state index in [0.29, 0.717) is 0 Å². The molecule has 0 radical (unpaired) electrons. The molecule has 1 aromatic carbocycles.